The standard InChI is InChI=1S/C20H21N3/c1-14-10-15(13-21)2-4-19(14)16-3-5-20-17(11-16)12-18-6-7-22-8-9-23(18)20/h2-5,10-11,18,22H,6-9,12H2,1H3. The Morgan fingerprint density at radius 2 is 2.09 bits per heavy atom. The quantitative estimate of drug-likeness (QED) is 0.879. The predicted octanol–water partition coefficient (Wildman–Crippen LogP) is 3.26. The summed E-state index contributed by atoms with van der Waals surface area (Å²) >= 11 is 0. The maximum absolute atomic E-state index is 9.03. The molecule has 0 saturated carbocycles. The van der Waals surface area contributed by atoms with Crippen molar-refractivity contribution < 1.29 is 0 Å². The minimum absolute atomic E-state index is 0.650. The fraction of sp³-hybridized carbons (Fsp3) is 0.350. The van der Waals surface area contributed by atoms with Crippen LogP contribution in [-0.4, -0.2) is 25.7 Å². The predicted molar refractivity (Wildman–Crippen MR) is 93.7 cm³/mol. The largest absolute Gasteiger partial charge is 0.367 e. The highest BCUT2D eigenvalue weighted by atomic mass is 15.2. The van der Waals surface area contributed by atoms with Crippen LogP contribution in [0.3, 0.4) is 0 Å². The first kappa shape index (κ1) is 14.3. The van der Waals surface area contributed by atoms with Crippen molar-refractivity contribution in [3.63, 3.8) is 0 Å². The Bertz CT molecular complexity index is 788. The van der Waals surface area contributed by atoms with Crippen LogP contribution in [-0.2, 0) is 6.42 Å². The Balaban J connectivity index is 1.70. The van der Waals surface area contributed by atoms with Crippen molar-refractivity contribution in [1.29, 1.82) is 5.26 Å². The van der Waals surface area contributed by atoms with Gasteiger partial charge in [0, 0.05) is 24.8 Å². The first-order valence-corrected chi connectivity index (χ1v) is 8.37. The number of aryl methyl sites for hydroxylation is 1. The molecular weight excluding hydrogens is 282 g/mol. The summed E-state index contributed by atoms with van der Waals surface area (Å²) in [7, 11) is 0. The van der Waals surface area contributed by atoms with Crippen LogP contribution >= 0.6 is 0 Å². The third-order valence-corrected chi connectivity index (χ3v) is 5.14. The van der Waals surface area contributed by atoms with Crippen molar-refractivity contribution >= 4 is 5.69 Å². The Morgan fingerprint density at radius 1 is 1.17 bits per heavy atom. The molecule has 2 heterocycles. The number of fused-ring (bicyclic) bond motifs is 3. The van der Waals surface area contributed by atoms with Gasteiger partial charge in [-0.05, 0) is 72.8 Å². The number of nitriles is 1. The molecule has 1 N–H and O–H groups in total. The molecule has 3 heteroatoms. The topological polar surface area (TPSA) is 39.1 Å². The van der Waals surface area contributed by atoms with Gasteiger partial charge in [0.05, 0.1) is 11.6 Å². The highest BCUT2D eigenvalue weighted by Gasteiger charge is 2.30. The second kappa shape index (κ2) is 5.72. The highest BCUT2D eigenvalue weighted by molar-refractivity contribution is 5.73. The van der Waals surface area contributed by atoms with Crippen LogP contribution in [0.25, 0.3) is 11.1 Å². The van der Waals surface area contributed by atoms with E-state index in [4.69, 9.17) is 5.26 Å². The summed E-state index contributed by atoms with van der Waals surface area (Å²) in [6, 6.07) is 15.7. The average Bonchev–Trinajstić information content (AvgIpc) is 2.75. The number of benzene rings is 2. The lowest BCUT2D eigenvalue weighted by atomic mass is 9.96. The molecule has 2 aliphatic rings. The Kier molecular flexibility index (Phi) is 3.55. The van der Waals surface area contributed by atoms with Crippen molar-refractivity contribution in [3.05, 3.63) is 53.1 Å². The molecule has 0 bridgehead atoms. The van der Waals surface area contributed by atoms with E-state index < -0.39 is 0 Å². The molecule has 23 heavy (non-hydrogen) atoms. The van der Waals surface area contributed by atoms with Crippen LogP contribution in [0.2, 0.25) is 0 Å². The van der Waals surface area contributed by atoms with E-state index >= 15 is 0 Å². The van der Waals surface area contributed by atoms with Gasteiger partial charge < -0.3 is 10.2 Å². The van der Waals surface area contributed by atoms with E-state index in [0.717, 1.165) is 31.6 Å². The Hall–Kier alpha value is -2.31. The molecule has 0 radical (unpaired) electrons. The molecule has 0 aromatic heterocycles. The molecule has 0 spiro atoms. The summed E-state index contributed by atoms with van der Waals surface area (Å²) in [6.45, 7) is 5.39. The van der Waals surface area contributed by atoms with Crippen LogP contribution in [0.4, 0.5) is 5.69 Å². The smallest absolute Gasteiger partial charge is 0.0991 e. The number of rotatable bonds is 1. The van der Waals surface area contributed by atoms with Crippen LogP contribution in [0, 0.1) is 18.3 Å². The van der Waals surface area contributed by atoms with E-state index in [9.17, 15) is 0 Å². The van der Waals surface area contributed by atoms with Gasteiger partial charge in [-0.2, -0.15) is 5.26 Å². The van der Waals surface area contributed by atoms with Crippen molar-refractivity contribution in [2.75, 3.05) is 24.5 Å². The molecule has 2 aromatic rings. The van der Waals surface area contributed by atoms with E-state index in [1.807, 2.05) is 12.1 Å². The summed E-state index contributed by atoms with van der Waals surface area (Å²) in [5, 5.41) is 12.5. The molecule has 2 aliphatic heterocycles. The van der Waals surface area contributed by atoms with Crippen LogP contribution < -0.4 is 10.2 Å². The van der Waals surface area contributed by atoms with Gasteiger partial charge in [0.25, 0.3) is 0 Å². The lowest BCUT2D eigenvalue weighted by Crippen LogP contribution is -2.32. The number of hydrogen-bond donors (Lipinski definition) is 1. The number of anilines is 1. The van der Waals surface area contributed by atoms with Crippen LogP contribution in [0.1, 0.15) is 23.1 Å². The molecule has 1 saturated heterocycles. The van der Waals surface area contributed by atoms with Crippen molar-refractivity contribution in [1.82, 2.24) is 5.32 Å². The zero-order chi connectivity index (χ0) is 15.8. The third kappa shape index (κ3) is 2.50. The van der Waals surface area contributed by atoms with E-state index in [1.165, 1.54) is 34.4 Å². The second-order valence-electron chi connectivity index (χ2n) is 6.58. The SMILES string of the molecule is Cc1cc(C#N)ccc1-c1ccc2c(c1)CC1CCNCCN21. The highest BCUT2D eigenvalue weighted by Crippen LogP contribution is 2.37. The molecule has 3 nitrogen and oxygen atoms in total. The molecule has 1 atom stereocenters. The molecular formula is C20H21N3. The summed E-state index contributed by atoms with van der Waals surface area (Å²) in [4.78, 5) is 2.57. The van der Waals surface area contributed by atoms with Gasteiger partial charge in [0.2, 0.25) is 0 Å². The maximum atomic E-state index is 9.03. The van der Waals surface area contributed by atoms with Gasteiger partial charge in [0.15, 0.2) is 0 Å². The second-order valence-corrected chi connectivity index (χ2v) is 6.58. The Labute approximate surface area is 137 Å². The minimum Gasteiger partial charge on any atom is -0.367 e. The lowest BCUT2D eigenvalue weighted by Gasteiger charge is -2.24. The molecule has 0 amide bonds. The molecule has 116 valence electrons. The molecule has 2 aromatic carbocycles. The summed E-state index contributed by atoms with van der Waals surface area (Å²) < 4.78 is 0. The average molecular weight is 303 g/mol. The van der Waals surface area contributed by atoms with Crippen molar-refractivity contribution in [2.24, 2.45) is 0 Å². The molecule has 1 fully saturated rings. The third-order valence-electron chi connectivity index (χ3n) is 5.14. The number of nitrogens with one attached hydrogen (secondary N) is 1. The monoisotopic (exact) mass is 303 g/mol. The van der Waals surface area contributed by atoms with Gasteiger partial charge in [-0.15, -0.1) is 0 Å². The van der Waals surface area contributed by atoms with Gasteiger partial charge in [-0.1, -0.05) is 12.1 Å². The van der Waals surface area contributed by atoms with Gasteiger partial charge >= 0.3 is 0 Å². The normalized spacial score (nSPS) is 19.7. The zero-order valence-corrected chi connectivity index (χ0v) is 13.5. The van der Waals surface area contributed by atoms with Gasteiger partial charge in [0.1, 0.15) is 0 Å². The number of nitrogens with zero attached hydrogens (tertiary/aromatic N) is 2. The number of hydrogen-bond acceptors (Lipinski definition) is 3. The van der Waals surface area contributed by atoms with Gasteiger partial charge in [-0.25, -0.2) is 0 Å². The molecule has 0 aliphatic carbocycles. The summed E-state index contributed by atoms with van der Waals surface area (Å²) in [6.07, 6.45) is 2.38. The van der Waals surface area contributed by atoms with Gasteiger partial charge in [-0.3, -0.25) is 0 Å². The summed E-state index contributed by atoms with van der Waals surface area (Å²) in [5.74, 6) is 0. The van der Waals surface area contributed by atoms with Crippen LogP contribution in [0.5, 0.6) is 0 Å². The maximum Gasteiger partial charge on any atom is 0.0991 e. The van der Waals surface area contributed by atoms with E-state index in [1.54, 1.807) is 0 Å². The van der Waals surface area contributed by atoms with E-state index in [2.05, 4.69) is 47.5 Å². The zero-order valence-electron chi connectivity index (χ0n) is 13.5. The lowest BCUT2D eigenvalue weighted by molar-refractivity contribution is 0.612. The Morgan fingerprint density at radius 3 is 2.91 bits per heavy atom. The van der Waals surface area contributed by atoms with Crippen molar-refractivity contribution in [2.45, 2.75) is 25.8 Å². The first-order chi connectivity index (χ1) is 11.3. The molecule has 1 unspecified atom stereocenters. The van der Waals surface area contributed by atoms with E-state index in [0.29, 0.717) is 6.04 Å². The first-order valence-electron chi connectivity index (χ1n) is 8.37. The molecule has 4 rings (SSSR count). The van der Waals surface area contributed by atoms with Crippen molar-refractivity contribution in [3.8, 4) is 17.2 Å². The van der Waals surface area contributed by atoms with Crippen LogP contribution in [0.15, 0.2) is 36.4 Å². The fourth-order valence-corrected chi connectivity index (χ4v) is 3.97. The fourth-order valence-electron chi connectivity index (χ4n) is 3.97. The van der Waals surface area contributed by atoms with E-state index in [-0.39, 0.29) is 0 Å². The minimum atomic E-state index is 0.650. The summed E-state index contributed by atoms with van der Waals surface area (Å²) in [5.41, 5.74) is 7.28.